The van der Waals surface area contributed by atoms with E-state index in [0.717, 1.165) is 22.1 Å². The third-order valence-electron chi connectivity index (χ3n) is 3.51. The van der Waals surface area contributed by atoms with Gasteiger partial charge in [-0.2, -0.15) is 0 Å². The normalized spacial score (nSPS) is 12.8. The van der Waals surface area contributed by atoms with Crippen LogP contribution in [0.2, 0.25) is 5.02 Å². The highest BCUT2D eigenvalue weighted by atomic mass is 35.5. The lowest BCUT2D eigenvalue weighted by molar-refractivity contribution is 0.191. The summed E-state index contributed by atoms with van der Waals surface area (Å²) in [7, 11) is 0. The van der Waals surface area contributed by atoms with Gasteiger partial charge in [0.2, 0.25) is 0 Å². The van der Waals surface area contributed by atoms with E-state index in [4.69, 9.17) is 16.0 Å². The Balaban J connectivity index is 2.10. The second-order valence-electron chi connectivity index (χ2n) is 5.07. The Labute approximate surface area is 122 Å². The van der Waals surface area contributed by atoms with Gasteiger partial charge in [0.15, 0.2) is 5.58 Å². The van der Waals surface area contributed by atoms with Crippen molar-refractivity contribution in [1.29, 1.82) is 0 Å². The summed E-state index contributed by atoms with van der Waals surface area (Å²) in [5, 5.41) is 12.0. The van der Waals surface area contributed by atoms with Crippen LogP contribution >= 0.6 is 11.6 Å². The standard InChI is InChI=1S/C17H15ClO2/c1-10-6-7-11(2)13(8-10)16(19)15-9-12-4-3-5-14(18)17(12)20-15/h3-9,16,19H,1-2H3. The van der Waals surface area contributed by atoms with Crippen molar-refractivity contribution in [1.82, 2.24) is 0 Å². The van der Waals surface area contributed by atoms with Crippen LogP contribution in [0.25, 0.3) is 11.0 Å². The third kappa shape index (κ3) is 2.21. The Morgan fingerprint density at radius 2 is 1.90 bits per heavy atom. The predicted octanol–water partition coefficient (Wildman–Crippen LogP) is 4.78. The van der Waals surface area contributed by atoms with Crippen LogP contribution in [-0.2, 0) is 0 Å². The zero-order valence-electron chi connectivity index (χ0n) is 11.4. The number of furan rings is 1. The topological polar surface area (TPSA) is 33.4 Å². The summed E-state index contributed by atoms with van der Waals surface area (Å²) >= 11 is 6.10. The van der Waals surface area contributed by atoms with Crippen molar-refractivity contribution in [2.24, 2.45) is 0 Å². The molecule has 3 rings (SSSR count). The third-order valence-corrected chi connectivity index (χ3v) is 3.81. The lowest BCUT2D eigenvalue weighted by Crippen LogP contribution is -2.01. The lowest BCUT2D eigenvalue weighted by atomic mass is 9.99. The van der Waals surface area contributed by atoms with E-state index in [9.17, 15) is 5.11 Å². The molecule has 0 saturated heterocycles. The molecule has 3 heteroatoms. The minimum Gasteiger partial charge on any atom is -0.456 e. The molecule has 1 unspecified atom stereocenters. The van der Waals surface area contributed by atoms with Gasteiger partial charge in [-0.15, -0.1) is 0 Å². The molecule has 0 bridgehead atoms. The molecule has 1 N–H and O–H groups in total. The quantitative estimate of drug-likeness (QED) is 0.735. The molecule has 2 nitrogen and oxygen atoms in total. The molecule has 20 heavy (non-hydrogen) atoms. The van der Waals surface area contributed by atoms with Crippen molar-refractivity contribution in [2.45, 2.75) is 20.0 Å². The number of hydrogen-bond acceptors (Lipinski definition) is 2. The second kappa shape index (κ2) is 4.97. The Kier molecular flexibility index (Phi) is 3.28. The fourth-order valence-electron chi connectivity index (χ4n) is 2.39. The summed E-state index contributed by atoms with van der Waals surface area (Å²) in [6.45, 7) is 3.98. The summed E-state index contributed by atoms with van der Waals surface area (Å²) in [6.07, 6.45) is -0.779. The molecule has 2 aromatic carbocycles. The number of benzene rings is 2. The minimum atomic E-state index is -0.779. The monoisotopic (exact) mass is 286 g/mol. The highest BCUT2D eigenvalue weighted by molar-refractivity contribution is 6.34. The molecule has 0 radical (unpaired) electrons. The average Bonchev–Trinajstić information content (AvgIpc) is 2.86. The van der Waals surface area contributed by atoms with E-state index >= 15 is 0 Å². The van der Waals surface area contributed by atoms with Gasteiger partial charge in [0, 0.05) is 5.39 Å². The number of aliphatic hydroxyl groups is 1. The SMILES string of the molecule is Cc1ccc(C)c(C(O)c2cc3cccc(Cl)c3o2)c1. The Hall–Kier alpha value is -1.77. The van der Waals surface area contributed by atoms with E-state index in [1.54, 1.807) is 6.07 Å². The Morgan fingerprint density at radius 3 is 2.65 bits per heavy atom. The van der Waals surface area contributed by atoms with E-state index in [2.05, 4.69) is 0 Å². The van der Waals surface area contributed by atoms with Gasteiger partial charge in [-0.3, -0.25) is 0 Å². The van der Waals surface area contributed by atoms with Crippen molar-refractivity contribution >= 4 is 22.6 Å². The molecule has 0 spiro atoms. The summed E-state index contributed by atoms with van der Waals surface area (Å²) in [4.78, 5) is 0. The van der Waals surface area contributed by atoms with Gasteiger partial charge in [-0.25, -0.2) is 0 Å². The van der Waals surface area contributed by atoms with Crippen LogP contribution in [-0.4, -0.2) is 5.11 Å². The number of para-hydroxylation sites is 1. The van der Waals surface area contributed by atoms with Gasteiger partial charge in [-0.05, 0) is 37.1 Å². The molecule has 0 fully saturated rings. The second-order valence-corrected chi connectivity index (χ2v) is 5.48. The number of aliphatic hydroxyl groups excluding tert-OH is 1. The highest BCUT2D eigenvalue weighted by Crippen LogP contribution is 2.33. The molecule has 0 aliphatic heterocycles. The average molecular weight is 287 g/mol. The van der Waals surface area contributed by atoms with E-state index in [1.807, 2.05) is 50.2 Å². The fraction of sp³-hybridized carbons (Fsp3) is 0.176. The van der Waals surface area contributed by atoms with Gasteiger partial charge in [0.05, 0.1) is 5.02 Å². The van der Waals surface area contributed by atoms with Gasteiger partial charge >= 0.3 is 0 Å². The molecule has 0 aliphatic rings. The molecular formula is C17H15ClO2. The Morgan fingerprint density at radius 1 is 1.10 bits per heavy atom. The molecule has 0 aliphatic carbocycles. The summed E-state index contributed by atoms with van der Waals surface area (Å²) in [6, 6.07) is 13.4. The first-order chi connectivity index (χ1) is 9.56. The minimum absolute atomic E-state index is 0.516. The Bertz CT molecular complexity index is 774. The molecule has 3 aromatic rings. The zero-order chi connectivity index (χ0) is 14.3. The largest absolute Gasteiger partial charge is 0.456 e. The first-order valence-corrected chi connectivity index (χ1v) is 6.87. The number of aryl methyl sites for hydroxylation is 2. The fourth-order valence-corrected chi connectivity index (χ4v) is 2.61. The number of hydrogen-bond donors (Lipinski definition) is 1. The molecular weight excluding hydrogens is 272 g/mol. The van der Waals surface area contributed by atoms with Crippen molar-refractivity contribution in [3.8, 4) is 0 Å². The molecule has 1 atom stereocenters. The van der Waals surface area contributed by atoms with Gasteiger partial charge in [0.1, 0.15) is 11.9 Å². The molecule has 1 heterocycles. The number of fused-ring (bicyclic) bond motifs is 1. The summed E-state index contributed by atoms with van der Waals surface area (Å²) < 4.78 is 5.73. The number of halogens is 1. The summed E-state index contributed by atoms with van der Waals surface area (Å²) in [5.41, 5.74) is 3.63. The smallest absolute Gasteiger partial charge is 0.153 e. The van der Waals surface area contributed by atoms with Crippen molar-refractivity contribution in [2.75, 3.05) is 0 Å². The highest BCUT2D eigenvalue weighted by Gasteiger charge is 2.18. The van der Waals surface area contributed by atoms with Crippen LogP contribution in [0.4, 0.5) is 0 Å². The summed E-state index contributed by atoms with van der Waals surface area (Å²) in [5.74, 6) is 0.516. The van der Waals surface area contributed by atoms with Gasteiger partial charge < -0.3 is 9.52 Å². The molecule has 0 amide bonds. The molecule has 102 valence electrons. The van der Waals surface area contributed by atoms with Gasteiger partial charge in [0.25, 0.3) is 0 Å². The van der Waals surface area contributed by atoms with Gasteiger partial charge in [-0.1, -0.05) is 47.5 Å². The van der Waals surface area contributed by atoms with Crippen LogP contribution in [0.1, 0.15) is 28.6 Å². The van der Waals surface area contributed by atoms with Crippen LogP contribution in [0, 0.1) is 13.8 Å². The maximum absolute atomic E-state index is 10.6. The molecule has 0 saturated carbocycles. The maximum atomic E-state index is 10.6. The van der Waals surface area contributed by atoms with E-state index in [-0.39, 0.29) is 0 Å². The van der Waals surface area contributed by atoms with Crippen molar-refractivity contribution < 1.29 is 9.52 Å². The molecule has 1 aromatic heterocycles. The maximum Gasteiger partial charge on any atom is 0.153 e. The van der Waals surface area contributed by atoms with Crippen LogP contribution in [0.3, 0.4) is 0 Å². The van der Waals surface area contributed by atoms with Crippen molar-refractivity contribution in [3.05, 3.63) is 69.9 Å². The zero-order valence-corrected chi connectivity index (χ0v) is 12.1. The number of rotatable bonds is 2. The van der Waals surface area contributed by atoms with Crippen LogP contribution < -0.4 is 0 Å². The van der Waals surface area contributed by atoms with E-state index < -0.39 is 6.10 Å². The van der Waals surface area contributed by atoms with Crippen LogP contribution in [0.5, 0.6) is 0 Å². The first kappa shape index (κ1) is 13.2. The predicted molar refractivity (Wildman–Crippen MR) is 81.2 cm³/mol. The van der Waals surface area contributed by atoms with E-state index in [0.29, 0.717) is 16.4 Å². The van der Waals surface area contributed by atoms with Crippen molar-refractivity contribution in [3.63, 3.8) is 0 Å². The first-order valence-electron chi connectivity index (χ1n) is 6.49. The van der Waals surface area contributed by atoms with Crippen LogP contribution in [0.15, 0.2) is 46.9 Å². The lowest BCUT2D eigenvalue weighted by Gasteiger charge is -2.12. The van der Waals surface area contributed by atoms with E-state index in [1.165, 1.54) is 0 Å².